The van der Waals surface area contributed by atoms with Crippen molar-refractivity contribution in [2.45, 2.75) is 12.8 Å². The van der Waals surface area contributed by atoms with Gasteiger partial charge in [-0.2, -0.15) is 0 Å². The summed E-state index contributed by atoms with van der Waals surface area (Å²) in [7, 11) is 4.83. The van der Waals surface area contributed by atoms with Crippen LogP contribution in [0, 0.1) is 0 Å². The normalized spacial score (nSPS) is 13.1. The van der Waals surface area contributed by atoms with Gasteiger partial charge in [-0.1, -0.05) is 18.2 Å². The first-order valence-electron chi connectivity index (χ1n) is 11.1. The summed E-state index contributed by atoms with van der Waals surface area (Å²) >= 11 is 5.62. The third kappa shape index (κ3) is 4.84. The number of thiocarbonyl (C=S) groups is 1. The van der Waals surface area contributed by atoms with E-state index in [9.17, 15) is 4.79 Å². The lowest BCUT2D eigenvalue weighted by molar-refractivity contribution is 0.0486. The highest BCUT2D eigenvalue weighted by molar-refractivity contribution is 7.80. The molecule has 0 atom stereocenters. The molecule has 8 nitrogen and oxygen atoms in total. The van der Waals surface area contributed by atoms with Gasteiger partial charge in [0.2, 0.25) is 0 Å². The fraction of sp³-hybridized carbons (Fsp3) is 0.320. The number of hydrogen-bond donors (Lipinski definition) is 1. The van der Waals surface area contributed by atoms with Crippen LogP contribution in [0.15, 0.2) is 48.5 Å². The number of carbonyl (C=O) groups is 1. The molecule has 0 radical (unpaired) electrons. The molecule has 0 saturated carbocycles. The number of aromatic nitrogens is 1. The van der Waals surface area contributed by atoms with Crippen LogP contribution in [0.1, 0.15) is 22.5 Å². The highest BCUT2D eigenvalue weighted by Crippen LogP contribution is 2.28. The largest absolute Gasteiger partial charge is 0.496 e. The van der Waals surface area contributed by atoms with Crippen LogP contribution < -0.4 is 19.5 Å². The van der Waals surface area contributed by atoms with E-state index in [1.165, 1.54) is 0 Å². The Morgan fingerprint density at radius 2 is 1.71 bits per heavy atom. The van der Waals surface area contributed by atoms with Gasteiger partial charge < -0.3 is 19.5 Å². The molecule has 4 rings (SSSR count). The van der Waals surface area contributed by atoms with Crippen molar-refractivity contribution in [3.05, 3.63) is 59.8 Å². The number of hydrogen-bond acceptors (Lipinski definition) is 6. The quantitative estimate of drug-likeness (QED) is 0.516. The number of benzene rings is 2. The molecule has 1 fully saturated rings. The third-order valence-electron chi connectivity index (χ3n) is 5.76. The molecule has 0 bridgehead atoms. The molecule has 1 saturated heterocycles. The van der Waals surface area contributed by atoms with Gasteiger partial charge in [-0.05, 0) is 54.9 Å². The summed E-state index contributed by atoms with van der Waals surface area (Å²) in [5.41, 5.74) is 2.14. The van der Waals surface area contributed by atoms with Gasteiger partial charge >= 0.3 is 0 Å². The minimum atomic E-state index is -0.203. The maximum atomic E-state index is 13.4. The summed E-state index contributed by atoms with van der Waals surface area (Å²) in [5, 5.41) is 8.12. The van der Waals surface area contributed by atoms with Crippen LogP contribution in [0.2, 0.25) is 0 Å². The number of methoxy groups -OCH3 is 3. The molecule has 0 spiro atoms. The first-order valence-corrected chi connectivity index (χ1v) is 11.5. The standard InChI is InChI=1S/C25H28N4O4S/c1-31-21-10-9-17(15-23(21)33-3)11-12-26-25(34)29-14-6-13-28(29)24(30)20-16-22(32-2)18-7-4-5-8-19(18)27-20/h4-5,7-10,15-16H,6,11-14H2,1-3H3,(H,26,34). The Bertz CT molecular complexity index is 1200. The van der Waals surface area contributed by atoms with E-state index in [1.807, 2.05) is 47.5 Å². The predicted molar refractivity (Wildman–Crippen MR) is 135 cm³/mol. The summed E-state index contributed by atoms with van der Waals surface area (Å²) in [6.07, 6.45) is 1.57. The monoisotopic (exact) mass is 480 g/mol. The summed E-state index contributed by atoms with van der Waals surface area (Å²) in [4.78, 5) is 17.9. The van der Waals surface area contributed by atoms with Crippen LogP contribution >= 0.6 is 12.2 Å². The molecule has 1 amide bonds. The smallest absolute Gasteiger partial charge is 0.291 e. The van der Waals surface area contributed by atoms with Crippen LogP contribution in [0.25, 0.3) is 10.9 Å². The third-order valence-corrected chi connectivity index (χ3v) is 6.11. The number of ether oxygens (including phenoxy) is 3. The van der Waals surface area contributed by atoms with Crippen molar-refractivity contribution in [3.8, 4) is 17.2 Å². The van der Waals surface area contributed by atoms with Gasteiger partial charge in [0.15, 0.2) is 16.6 Å². The number of rotatable bonds is 7. The Balaban J connectivity index is 1.42. The highest BCUT2D eigenvalue weighted by Gasteiger charge is 2.30. The number of nitrogens with one attached hydrogen (secondary N) is 1. The fourth-order valence-electron chi connectivity index (χ4n) is 4.03. The Morgan fingerprint density at radius 1 is 0.971 bits per heavy atom. The van der Waals surface area contributed by atoms with Crippen LogP contribution in [-0.4, -0.2) is 67.0 Å². The Kier molecular flexibility index (Phi) is 7.32. The Hall–Kier alpha value is -3.59. The van der Waals surface area contributed by atoms with Gasteiger partial charge in [0, 0.05) is 31.1 Å². The van der Waals surface area contributed by atoms with Crippen molar-refractivity contribution in [3.63, 3.8) is 0 Å². The van der Waals surface area contributed by atoms with E-state index in [4.69, 9.17) is 26.4 Å². The molecule has 9 heteroatoms. The van der Waals surface area contributed by atoms with E-state index in [0.717, 1.165) is 23.8 Å². The number of fused-ring (bicyclic) bond motifs is 1. The summed E-state index contributed by atoms with van der Waals surface area (Å²) in [6.45, 7) is 1.86. The molecule has 178 valence electrons. The molecule has 2 heterocycles. The number of hydrazine groups is 1. The number of pyridine rings is 1. The highest BCUT2D eigenvalue weighted by atomic mass is 32.1. The number of amides is 1. The van der Waals surface area contributed by atoms with Crippen molar-refractivity contribution in [2.75, 3.05) is 41.0 Å². The van der Waals surface area contributed by atoms with Crippen molar-refractivity contribution < 1.29 is 19.0 Å². The van der Waals surface area contributed by atoms with E-state index < -0.39 is 0 Å². The maximum Gasteiger partial charge on any atom is 0.291 e. The molecule has 2 aromatic carbocycles. The van der Waals surface area contributed by atoms with Gasteiger partial charge in [0.1, 0.15) is 11.4 Å². The SMILES string of the molecule is COc1ccc(CCNC(=S)N2CCCN2C(=O)c2cc(OC)c3ccccc3n2)cc1OC. The molecular formula is C25H28N4O4S. The van der Waals surface area contributed by atoms with Crippen LogP contribution in [-0.2, 0) is 6.42 Å². The summed E-state index contributed by atoms with van der Waals surface area (Å²) < 4.78 is 16.2. The van der Waals surface area contributed by atoms with E-state index in [0.29, 0.717) is 53.2 Å². The second-order valence-electron chi connectivity index (χ2n) is 7.80. The number of nitrogens with zero attached hydrogens (tertiary/aromatic N) is 3. The van der Waals surface area contributed by atoms with E-state index in [-0.39, 0.29) is 5.91 Å². The fourth-order valence-corrected chi connectivity index (χ4v) is 4.32. The molecule has 3 aromatic rings. The minimum Gasteiger partial charge on any atom is -0.496 e. The lowest BCUT2D eigenvalue weighted by Crippen LogP contribution is -2.49. The molecule has 1 aliphatic rings. The van der Waals surface area contributed by atoms with E-state index in [1.54, 1.807) is 32.4 Å². The van der Waals surface area contributed by atoms with Crippen molar-refractivity contribution >= 4 is 34.1 Å². The lowest BCUT2D eigenvalue weighted by Gasteiger charge is -2.30. The molecule has 34 heavy (non-hydrogen) atoms. The van der Waals surface area contributed by atoms with Crippen LogP contribution in [0.5, 0.6) is 17.2 Å². The molecule has 0 aliphatic carbocycles. The van der Waals surface area contributed by atoms with Crippen molar-refractivity contribution in [2.24, 2.45) is 0 Å². The minimum absolute atomic E-state index is 0.203. The Labute approximate surface area is 204 Å². The topological polar surface area (TPSA) is 76.2 Å². The summed E-state index contributed by atoms with van der Waals surface area (Å²) in [6, 6.07) is 15.1. The zero-order chi connectivity index (χ0) is 24.1. The second-order valence-corrected chi connectivity index (χ2v) is 8.19. The first kappa shape index (κ1) is 23.6. The Morgan fingerprint density at radius 3 is 2.47 bits per heavy atom. The molecule has 0 unspecified atom stereocenters. The predicted octanol–water partition coefficient (Wildman–Crippen LogP) is 3.44. The van der Waals surface area contributed by atoms with E-state index in [2.05, 4.69) is 10.3 Å². The lowest BCUT2D eigenvalue weighted by atomic mass is 10.1. The number of para-hydroxylation sites is 1. The van der Waals surface area contributed by atoms with Crippen LogP contribution in [0.3, 0.4) is 0 Å². The number of carbonyl (C=O) groups excluding carboxylic acids is 1. The zero-order valence-corrected chi connectivity index (χ0v) is 20.4. The molecular weight excluding hydrogens is 452 g/mol. The van der Waals surface area contributed by atoms with Gasteiger partial charge in [0.25, 0.3) is 5.91 Å². The molecule has 1 N–H and O–H groups in total. The maximum absolute atomic E-state index is 13.4. The average Bonchev–Trinajstić information content (AvgIpc) is 3.37. The van der Waals surface area contributed by atoms with Gasteiger partial charge in [-0.3, -0.25) is 9.80 Å². The van der Waals surface area contributed by atoms with E-state index >= 15 is 0 Å². The second kappa shape index (κ2) is 10.6. The first-order chi connectivity index (χ1) is 16.5. The average molecular weight is 481 g/mol. The summed E-state index contributed by atoms with van der Waals surface area (Å²) in [5.74, 6) is 1.80. The van der Waals surface area contributed by atoms with Crippen molar-refractivity contribution in [1.82, 2.24) is 20.3 Å². The zero-order valence-electron chi connectivity index (χ0n) is 19.5. The van der Waals surface area contributed by atoms with Gasteiger partial charge in [-0.15, -0.1) is 0 Å². The van der Waals surface area contributed by atoms with Gasteiger partial charge in [-0.25, -0.2) is 9.99 Å². The molecule has 1 aromatic heterocycles. The van der Waals surface area contributed by atoms with Crippen LogP contribution in [0.4, 0.5) is 0 Å². The van der Waals surface area contributed by atoms with Crippen molar-refractivity contribution in [1.29, 1.82) is 0 Å². The molecule has 1 aliphatic heterocycles. The van der Waals surface area contributed by atoms with Gasteiger partial charge in [0.05, 0.1) is 26.8 Å².